The van der Waals surface area contributed by atoms with Crippen LogP contribution in [0.5, 0.6) is 0 Å². The van der Waals surface area contributed by atoms with E-state index in [1.807, 2.05) is 66.7 Å². The lowest BCUT2D eigenvalue weighted by Gasteiger charge is -2.28. The van der Waals surface area contributed by atoms with Gasteiger partial charge >= 0.3 is 0 Å². The highest BCUT2D eigenvalue weighted by molar-refractivity contribution is 6.30. The Kier molecular flexibility index (Phi) is 4.13. The van der Waals surface area contributed by atoms with Gasteiger partial charge in [-0.1, -0.05) is 54.8 Å². The van der Waals surface area contributed by atoms with Gasteiger partial charge in [0.15, 0.2) is 0 Å². The molecule has 1 aliphatic rings. The minimum atomic E-state index is -0.493. The quantitative estimate of drug-likeness (QED) is 0.424. The van der Waals surface area contributed by atoms with Crippen molar-refractivity contribution in [1.29, 1.82) is 0 Å². The van der Waals surface area contributed by atoms with Gasteiger partial charge in [0, 0.05) is 27.5 Å². The summed E-state index contributed by atoms with van der Waals surface area (Å²) in [6, 6.07) is 21.5. The van der Waals surface area contributed by atoms with Crippen LogP contribution >= 0.6 is 11.6 Å². The van der Waals surface area contributed by atoms with E-state index in [1.54, 1.807) is 0 Å². The molecule has 28 heavy (non-hydrogen) atoms. The monoisotopic (exact) mass is 389 g/mol. The summed E-state index contributed by atoms with van der Waals surface area (Å²) in [5.74, 6) is 0.0442. The van der Waals surface area contributed by atoms with Crippen molar-refractivity contribution in [3.63, 3.8) is 0 Å². The fourth-order valence-electron chi connectivity index (χ4n) is 4.45. The van der Waals surface area contributed by atoms with E-state index in [0.717, 1.165) is 58.9 Å². The maximum atomic E-state index is 13.4. The topological polar surface area (TPSA) is 42.2 Å². The van der Waals surface area contributed by atoms with E-state index in [4.69, 9.17) is 16.0 Å². The van der Waals surface area contributed by atoms with Crippen molar-refractivity contribution in [3.05, 3.63) is 77.3 Å². The Morgan fingerprint density at radius 1 is 0.893 bits per heavy atom. The Morgan fingerprint density at radius 3 is 2.39 bits per heavy atom. The zero-order valence-electron chi connectivity index (χ0n) is 15.4. The van der Waals surface area contributed by atoms with Crippen LogP contribution in [0.1, 0.15) is 31.2 Å². The molecule has 140 valence electrons. The predicted molar refractivity (Wildman–Crippen MR) is 114 cm³/mol. The normalized spacial score (nSPS) is 15.9. The first-order chi connectivity index (χ1) is 13.7. The Balaban J connectivity index is 1.49. The van der Waals surface area contributed by atoms with Crippen LogP contribution in [0.3, 0.4) is 0 Å². The minimum absolute atomic E-state index is 0.0442. The summed E-state index contributed by atoms with van der Waals surface area (Å²) in [5.41, 5.74) is 2.95. The van der Waals surface area contributed by atoms with Crippen molar-refractivity contribution in [1.82, 2.24) is 0 Å². The molecule has 0 unspecified atom stereocenters. The van der Waals surface area contributed by atoms with Crippen LogP contribution in [-0.4, -0.2) is 5.91 Å². The van der Waals surface area contributed by atoms with Crippen molar-refractivity contribution in [3.8, 4) is 0 Å². The van der Waals surface area contributed by atoms with Crippen LogP contribution in [0.25, 0.3) is 21.9 Å². The first-order valence-corrected chi connectivity index (χ1v) is 10.0. The number of rotatable bonds is 3. The van der Waals surface area contributed by atoms with Gasteiger partial charge in [0.1, 0.15) is 11.2 Å². The van der Waals surface area contributed by atoms with Crippen molar-refractivity contribution in [2.24, 2.45) is 0 Å². The van der Waals surface area contributed by atoms with E-state index in [9.17, 15) is 4.79 Å². The Morgan fingerprint density at radius 2 is 1.61 bits per heavy atom. The van der Waals surface area contributed by atoms with Gasteiger partial charge in [0.25, 0.3) is 0 Å². The van der Waals surface area contributed by atoms with Crippen LogP contribution in [0.4, 0.5) is 5.69 Å². The summed E-state index contributed by atoms with van der Waals surface area (Å²) in [6.45, 7) is 0. The SMILES string of the molecule is O=C(Nc1ccc2c(c1)oc1ccccc12)C1(c2ccc(Cl)cc2)CCCC1. The van der Waals surface area contributed by atoms with Crippen LogP contribution < -0.4 is 5.32 Å². The summed E-state index contributed by atoms with van der Waals surface area (Å²) in [4.78, 5) is 13.4. The molecule has 0 saturated heterocycles. The lowest BCUT2D eigenvalue weighted by molar-refractivity contribution is -0.121. The number of amides is 1. The fraction of sp³-hybridized carbons (Fsp3) is 0.208. The lowest BCUT2D eigenvalue weighted by Crippen LogP contribution is -2.37. The summed E-state index contributed by atoms with van der Waals surface area (Å²) < 4.78 is 5.96. The molecule has 1 aliphatic carbocycles. The molecule has 1 fully saturated rings. The summed E-state index contributed by atoms with van der Waals surface area (Å²) in [5, 5.41) is 5.97. The third kappa shape index (κ3) is 2.78. The van der Waals surface area contributed by atoms with E-state index >= 15 is 0 Å². The molecule has 1 saturated carbocycles. The highest BCUT2D eigenvalue weighted by Crippen LogP contribution is 2.42. The van der Waals surface area contributed by atoms with Gasteiger partial charge in [0.2, 0.25) is 5.91 Å². The number of para-hydroxylation sites is 1. The number of nitrogens with one attached hydrogen (secondary N) is 1. The molecule has 4 heteroatoms. The van der Waals surface area contributed by atoms with Crippen molar-refractivity contribution in [2.75, 3.05) is 5.32 Å². The average Bonchev–Trinajstić information content (AvgIpc) is 3.34. The van der Waals surface area contributed by atoms with Gasteiger partial charge in [-0.25, -0.2) is 0 Å². The predicted octanol–water partition coefficient (Wildman–Crippen LogP) is 6.69. The second kappa shape index (κ2) is 6.68. The minimum Gasteiger partial charge on any atom is -0.456 e. The summed E-state index contributed by atoms with van der Waals surface area (Å²) in [7, 11) is 0. The van der Waals surface area contributed by atoms with Crippen LogP contribution in [0, 0.1) is 0 Å². The van der Waals surface area contributed by atoms with E-state index in [1.165, 1.54) is 0 Å². The lowest BCUT2D eigenvalue weighted by atomic mass is 9.78. The van der Waals surface area contributed by atoms with Crippen LogP contribution in [0.2, 0.25) is 5.02 Å². The Hall–Kier alpha value is -2.78. The molecule has 0 radical (unpaired) electrons. The molecule has 3 nitrogen and oxygen atoms in total. The standard InChI is InChI=1S/C24H20ClNO2/c25-17-9-7-16(8-10-17)24(13-3-4-14-24)23(27)26-18-11-12-20-19-5-1-2-6-21(19)28-22(20)15-18/h1-2,5-12,15H,3-4,13-14H2,(H,26,27). The molecular formula is C24H20ClNO2. The number of hydrogen-bond donors (Lipinski definition) is 1. The van der Waals surface area contributed by atoms with Gasteiger partial charge in [-0.15, -0.1) is 0 Å². The molecule has 1 aromatic heterocycles. The third-order valence-corrected chi connectivity index (χ3v) is 6.18. The van der Waals surface area contributed by atoms with Crippen molar-refractivity contribution >= 4 is 45.1 Å². The summed E-state index contributed by atoms with van der Waals surface area (Å²) in [6.07, 6.45) is 3.82. The van der Waals surface area contributed by atoms with Gasteiger partial charge in [-0.2, -0.15) is 0 Å². The number of benzene rings is 3. The molecule has 0 aliphatic heterocycles. The molecule has 4 aromatic rings. The molecule has 3 aromatic carbocycles. The largest absolute Gasteiger partial charge is 0.456 e. The van der Waals surface area contributed by atoms with Gasteiger partial charge < -0.3 is 9.73 Å². The number of anilines is 1. The molecule has 5 rings (SSSR count). The number of carbonyl (C=O) groups excluding carboxylic acids is 1. The van der Waals surface area contributed by atoms with E-state index < -0.39 is 5.41 Å². The van der Waals surface area contributed by atoms with Gasteiger partial charge in [-0.3, -0.25) is 4.79 Å². The maximum Gasteiger partial charge on any atom is 0.235 e. The van der Waals surface area contributed by atoms with Gasteiger partial charge in [0.05, 0.1) is 5.41 Å². The molecule has 1 N–H and O–H groups in total. The molecule has 0 bridgehead atoms. The van der Waals surface area contributed by atoms with Crippen LogP contribution in [-0.2, 0) is 10.2 Å². The zero-order valence-corrected chi connectivity index (χ0v) is 16.1. The molecule has 1 amide bonds. The van der Waals surface area contributed by atoms with Crippen molar-refractivity contribution in [2.45, 2.75) is 31.1 Å². The van der Waals surface area contributed by atoms with Gasteiger partial charge in [-0.05, 0) is 48.7 Å². The second-order valence-corrected chi connectivity index (χ2v) is 8.00. The number of carbonyl (C=O) groups is 1. The number of furan rings is 1. The highest BCUT2D eigenvalue weighted by Gasteiger charge is 2.42. The molecular weight excluding hydrogens is 370 g/mol. The average molecular weight is 390 g/mol. The summed E-state index contributed by atoms with van der Waals surface area (Å²) >= 11 is 6.05. The van der Waals surface area contributed by atoms with E-state index in [-0.39, 0.29) is 5.91 Å². The third-order valence-electron chi connectivity index (χ3n) is 5.93. The number of hydrogen-bond acceptors (Lipinski definition) is 2. The highest BCUT2D eigenvalue weighted by atomic mass is 35.5. The second-order valence-electron chi connectivity index (χ2n) is 7.56. The maximum absolute atomic E-state index is 13.4. The molecule has 1 heterocycles. The first-order valence-electron chi connectivity index (χ1n) is 9.65. The fourth-order valence-corrected chi connectivity index (χ4v) is 4.57. The Bertz CT molecular complexity index is 1170. The molecule has 0 spiro atoms. The number of fused-ring (bicyclic) bond motifs is 3. The smallest absolute Gasteiger partial charge is 0.235 e. The Labute approximate surface area is 168 Å². The molecule has 0 atom stereocenters. The van der Waals surface area contributed by atoms with Crippen molar-refractivity contribution < 1.29 is 9.21 Å². The van der Waals surface area contributed by atoms with E-state index in [0.29, 0.717) is 5.02 Å². The zero-order chi connectivity index (χ0) is 19.1. The first kappa shape index (κ1) is 17.3. The van der Waals surface area contributed by atoms with Crippen LogP contribution in [0.15, 0.2) is 71.1 Å². The van der Waals surface area contributed by atoms with E-state index in [2.05, 4.69) is 5.32 Å². The number of halogens is 1.